The van der Waals surface area contributed by atoms with Crippen molar-refractivity contribution in [3.8, 4) is 22.8 Å². The van der Waals surface area contributed by atoms with Gasteiger partial charge in [0.2, 0.25) is 5.91 Å². The fraction of sp³-hybridized carbons (Fsp3) is 0.516. The Morgan fingerprint density at radius 2 is 1.68 bits per heavy atom. The standard InChI is InChI=1S/C31H42N4O3/c1-21(2)30-26-20-25(8-9-27(26)32-31(30)23-7-10-28(37-4)29(19-23)38-5)35-15-11-24(12-16-35)34-14-6-13-33(17-18-34)22(3)36/h7-10,19-21,24,32H,6,11-18H2,1-5H3. The number of benzene rings is 2. The number of anilines is 1. The summed E-state index contributed by atoms with van der Waals surface area (Å²) in [4.78, 5) is 22.7. The van der Waals surface area contributed by atoms with Crippen molar-refractivity contribution >= 4 is 22.5 Å². The van der Waals surface area contributed by atoms with Crippen molar-refractivity contribution in [3.05, 3.63) is 42.0 Å². The van der Waals surface area contributed by atoms with E-state index < -0.39 is 0 Å². The Bertz CT molecular complexity index is 1280. The second-order valence-corrected chi connectivity index (χ2v) is 11.0. The summed E-state index contributed by atoms with van der Waals surface area (Å²) in [5.74, 6) is 2.04. The molecule has 2 aliphatic rings. The highest BCUT2D eigenvalue weighted by Gasteiger charge is 2.27. The number of aromatic amines is 1. The third-order valence-corrected chi connectivity index (χ3v) is 8.39. The van der Waals surface area contributed by atoms with E-state index in [4.69, 9.17) is 9.47 Å². The molecule has 0 spiro atoms. The van der Waals surface area contributed by atoms with E-state index >= 15 is 0 Å². The molecule has 0 saturated carbocycles. The van der Waals surface area contributed by atoms with Gasteiger partial charge in [-0.25, -0.2) is 0 Å². The average Bonchev–Trinajstić information content (AvgIpc) is 3.13. The topological polar surface area (TPSA) is 61.0 Å². The van der Waals surface area contributed by atoms with Gasteiger partial charge in [-0.2, -0.15) is 0 Å². The summed E-state index contributed by atoms with van der Waals surface area (Å²) in [5.41, 5.74) is 6.05. The first-order valence-corrected chi connectivity index (χ1v) is 14.0. The molecule has 204 valence electrons. The van der Waals surface area contributed by atoms with E-state index in [1.54, 1.807) is 21.1 Å². The molecule has 3 aromatic rings. The molecular formula is C31H42N4O3. The van der Waals surface area contributed by atoms with Gasteiger partial charge in [-0.3, -0.25) is 9.69 Å². The van der Waals surface area contributed by atoms with Gasteiger partial charge in [0, 0.05) is 74.4 Å². The molecule has 2 aromatic carbocycles. The minimum absolute atomic E-state index is 0.205. The lowest BCUT2D eigenvalue weighted by Crippen LogP contribution is -2.46. The number of nitrogens with zero attached hydrogens (tertiary/aromatic N) is 3. The molecule has 0 radical (unpaired) electrons. The number of H-pyrrole nitrogens is 1. The molecule has 0 bridgehead atoms. The summed E-state index contributed by atoms with van der Waals surface area (Å²) in [7, 11) is 3.35. The highest BCUT2D eigenvalue weighted by atomic mass is 16.5. The molecule has 3 heterocycles. The zero-order valence-electron chi connectivity index (χ0n) is 23.5. The number of hydrogen-bond donors (Lipinski definition) is 1. The normalized spacial score (nSPS) is 17.7. The molecule has 2 fully saturated rings. The van der Waals surface area contributed by atoms with Crippen molar-refractivity contribution in [2.45, 2.75) is 52.0 Å². The van der Waals surface area contributed by atoms with Crippen LogP contribution in [0, 0.1) is 0 Å². The van der Waals surface area contributed by atoms with Crippen LogP contribution in [0.4, 0.5) is 5.69 Å². The highest BCUT2D eigenvalue weighted by Crippen LogP contribution is 2.40. The fourth-order valence-corrected chi connectivity index (χ4v) is 6.32. The zero-order chi connectivity index (χ0) is 26.8. The lowest BCUT2D eigenvalue weighted by atomic mass is 9.95. The quantitative estimate of drug-likeness (QED) is 0.467. The molecule has 7 nitrogen and oxygen atoms in total. The first-order chi connectivity index (χ1) is 18.4. The van der Waals surface area contributed by atoms with Gasteiger partial charge in [0.05, 0.1) is 19.9 Å². The molecule has 1 N–H and O–H groups in total. The smallest absolute Gasteiger partial charge is 0.219 e. The Labute approximate surface area is 226 Å². The fourth-order valence-electron chi connectivity index (χ4n) is 6.32. The van der Waals surface area contributed by atoms with Crippen molar-refractivity contribution < 1.29 is 14.3 Å². The van der Waals surface area contributed by atoms with Gasteiger partial charge in [-0.15, -0.1) is 0 Å². The molecule has 2 aliphatic heterocycles. The average molecular weight is 519 g/mol. The van der Waals surface area contributed by atoms with E-state index in [9.17, 15) is 4.79 Å². The Balaban J connectivity index is 1.35. The van der Waals surface area contributed by atoms with Crippen LogP contribution in [0.15, 0.2) is 36.4 Å². The molecule has 38 heavy (non-hydrogen) atoms. The van der Waals surface area contributed by atoms with Crippen molar-refractivity contribution in [3.63, 3.8) is 0 Å². The van der Waals surface area contributed by atoms with Crippen LogP contribution in [0.2, 0.25) is 0 Å². The van der Waals surface area contributed by atoms with Crippen LogP contribution in [-0.4, -0.2) is 80.2 Å². The van der Waals surface area contributed by atoms with E-state index in [-0.39, 0.29) is 5.91 Å². The molecule has 1 amide bonds. The van der Waals surface area contributed by atoms with Crippen LogP contribution >= 0.6 is 0 Å². The van der Waals surface area contributed by atoms with Gasteiger partial charge in [-0.1, -0.05) is 13.8 Å². The van der Waals surface area contributed by atoms with Crippen molar-refractivity contribution in [1.82, 2.24) is 14.8 Å². The van der Waals surface area contributed by atoms with E-state index in [1.807, 2.05) is 11.0 Å². The van der Waals surface area contributed by atoms with Crippen LogP contribution < -0.4 is 14.4 Å². The Morgan fingerprint density at radius 1 is 0.921 bits per heavy atom. The predicted molar refractivity (Wildman–Crippen MR) is 155 cm³/mol. The van der Waals surface area contributed by atoms with Gasteiger partial charge >= 0.3 is 0 Å². The third-order valence-electron chi connectivity index (χ3n) is 8.39. The van der Waals surface area contributed by atoms with Crippen molar-refractivity contribution in [1.29, 1.82) is 0 Å². The lowest BCUT2D eigenvalue weighted by Gasteiger charge is -2.39. The van der Waals surface area contributed by atoms with Crippen LogP contribution in [0.1, 0.15) is 51.5 Å². The largest absolute Gasteiger partial charge is 0.493 e. The molecule has 0 aliphatic carbocycles. The Hall–Kier alpha value is -3.19. The number of ether oxygens (including phenoxy) is 2. The molecule has 0 atom stereocenters. The number of amides is 1. The van der Waals surface area contributed by atoms with Gasteiger partial charge < -0.3 is 24.3 Å². The van der Waals surface area contributed by atoms with Gasteiger partial charge in [0.1, 0.15) is 0 Å². The zero-order valence-corrected chi connectivity index (χ0v) is 23.5. The van der Waals surface area contributed by atoms with Crippen LogP contribution in [0.25, 0.3) is 22.2 Å². The summed E-state index contributed by atoms with van der Waals surface area (Å²) >= 11 is 0. The monoisotopic (exact) mass is 518 g/mol. The number of nitrogens with one attached hydrogen (secondary N) is 1. The molecule has 0 unspecified atom stereocenters. The number of hydrogen-bond acceptors (Lipinski definition) is 5. The van der Waals surface area contributed by atoms with E-state index in [0.29, 0.717) is 12.0 Å². The van der Waals surface area contributed by atoms with Gasteiger partial charge in [0.15, 0.2) is 11.5 Å². The first kappa shape index (κ1) is 26.4. The second kappa shape index (κ2) is 11.3. The van der Waals surface area contributed by atoms with Crippen LogP contribution in [0.3, 0.4) is 0 Å². The van der Waals surface area contributed by atoms with E-state index in [1.165, 1.54) is 29.5 Å². The molecule has 1 aromatic heterocycles. The summed E-state index contributed by atoms with van der Waals surface area (Å²) in [6.45, 7) is 12.2. The van der Waals surface area contributed by atoms with Crippen molar-refractivity contribution in [2.75, 3.05) is 58.4 Å². The molecule has 7 heteroatoms. The number of piperidine rings is 1. The Kier molecular flexibility index (Phi) is 7.84. The molecular weight excluding hydrogens is 476 g/mol. The number of aromatic nitrogens is 1. The third kappa shape index (κ3) is 5.21. The maximum atomic E-state index is 11.8. The summed E-state index contributed by atoms with van der Waals surface area (Å²) in [5, 5.41) is 1.29. The Morgan fingerprint density at radius 3 is 2.37 bits per heavy atom. The summed E-state index contributed by atoms with van der Waals surface area (Å²) in [6.07, 6.45) is 3.41. The summed E-state index contributed by atoms with van der Waals surface area (Å²) < 4.78 is 11.0. The van der Waals surface area contributed by atoms with Crippen molar-refractivity contribution in [2.24, 2.45) is 0 Å². The number of carbonyl (C=O) groups is 1. The van der Waals surface area contributed by atoms with Gasteiger partial charge in [0.25, 0.3) is 0 Å². The maximum absolute atomic E-state index is 11.8. The number of carbonyl (C=O) groups excluding carboxylic acids is 1. The van der Waals surface area contributed by atoms with E-state index in [2.05, 4.69) is 59.0 Å². The number of methoxy groups -OCH3 is 2. The maximum Gasteiger partial charge on any atom is 0.219 e. The minimum atomic E-state index is 0.205. The van der Waals surface area contributed by atoms with Gasteiger partial charge in [-0.05, 0) is 67.1 Å². The highest BCUT2D eigenvalue weighted by molar-refractivity contribution is 5.94. The number of rotatable bonds is 6. The van der Waals surface area contributed by atoms with Crippen LogP contribution in [0.5, 0.6) is 11.5 Å². The predicted octanol–water partition coefficient (Wildman–Crippen LogP) is 5.50. The second-order valence-electron chi connectivity index (χ2n) is 11.0. The lowest BCUT2D eigenvalue weighted by molar-refractivity contribution is -0.128. The number of fused-ring (bicyclic) bond motifs is 1. The van der Waals surface area contributed by atoms with Crippen LogP contribution in [-0.2, 0) is 4.79 Å². The molecule has 5 rings (SSSR count). The van der Waals surface area contributed by atoms with E-state index in [0.717, 1.165) is 74.0 Å². The molecule has 2 saturated heterocycles. The SMILES string of the molecule is COc1ccc(-c2[nH]c3ccc(N4CCC(N5CCCN(C(C)=O)CC5)CC4)cc3c2C(C)C)cc1OC. The first-order valence-electron chi connectivity index (χ1n) is 14.0. The summed E-state index contributed by atoms with van der Waals surface area (Å²) in [6, 6.07) is 13.6. The minimum Gasteiger partial charge on any atom is -0.493 e.